The van der Waals surface area contributed by atoms with Gasteiger partial charge in [-0.2, -0.15) is 0 Å². The Balaban J connectivity index is 1.86. The molecule has 4 heteroatoms. The van der Waals surface area contributed by atoms with Crippen LogP contribution in [0.15, 0.2) is 48.5 Å². The molecule has 0 bridgehead atoms. The number of para-hydroxylation sites is 1. The number of benzene rings is 2. The lowest BCUT2D eigenvalue weighted by molar-refractivity contribution is 0.250. The van der Waals surface area contributed by atoms with Crippen LogP contribution in [0.5, 0.6) is 0 Å². The summed E-state index contributed by atoms with van der Waals surface area (Å²) in [5.74, 6) is 0. The molecule has 0 saturated heterocycles. The van der Waals surface area contributed by atoms with Gasteiger partial charge in [0, 0.05) is 22.3 Å². The SMILES string of the molecule is Cc1ccc2[nH]c3c(c2c1)CCCC3N(C(N)=O)c1ccccc1. The Hall–Kier alpha value is -2.75. The van der Waals surface area contributed by atoms with E-state index in [1.165, 1.54) is 16.5 Å². The molecule has 1 aliphatic rings. The van der Waals surface area contributed by atoms with E-state index in [-0.39, 0.29) is 6.04 Å². The van der Waals surface area contributed by atoms with Crippen molar-refractivity contribution in [2.45, 2.75) is 32.2 Å². The fraction of sp³-hybridized carbons (Fsp3) is 0.250. The van der Waals surface area contributed by atoms with Gasteiger partial charge in [-0.15, -0.1) is 0 Å². The molecule has 4 rings (SSSR count). The molecular formula is C20H21N3O. The molecule has 1 atom stereocenters. The lowest BCUT2D eigenvalue weighted by Crippen LogP contribution is -2.40. The van der Waals surface area contributed by atoms with Crippen molar-refractivity contribution in [1.82, 2.24) is 4.98 Å². The van der Waals surface area contributed by atoms with E-state index < -0.39 is 6.03 Å². The van der Waals surface area contributed by atoms with Crippen LogP contribution in [-0.2, 0) is 6.42 Å². The van der Waals surface area contributed by atoms with Crippen LogP contribution in [0.3, 0.4) is 0 Å². The highest BCUT2D eigenvalue weighted by Crippen LogP contribution is 2.39. The van der Waals surface area contributed by atoms with E-state index in [1.54, 1.807) is 4.90 Å². The maximum absolute atomic E-state index is 12.2. The van der Waals surface area contributed by atoms with Crippen molar-refractivity contribution >= 4 is 22.6 Å². The Bertz CT molecular complexity index is 898. The van der Waals surface area contributed by atoms with Gasteiger partial charge in [0.25, 0.3) is 0 Å². The zero-order valence-electron chi connectivity index (χ0n) is 13.8. The van der Waals surface area contributed by atoms with Crippen LogP contribution < -0.4 is 10.6 Å². The van der Waals surface area contributed by atoms with Gasteiger partial charge in [-0.05, 0) is 56.0 Å². The average molecular weight is 319 g/mol. The van der Waals surface area contributed by atoms with Gasteiger partial charge in [0.05, 0.1) is 6.04 Å². The van der Waals surface area contributed by atoms with E-state index in [9.17, 15) is 4.79 Å². The molecule has 1 aromatic heterocycles. The minimum absolute atomic E-state index is 0.0404. The molecule has 4 nitrogen and oxygen atoms in total. The van der Waals surface area contributed by atoms with Gasteiger partial charge in [-0.25, -0.2) is 4.79 Å². The first-order chi connectivity index (χ1) is 11.6. The van der Waals surface area contributed by atoms with Crippen molar-refractivity contribution in [2.24, 2.45) is 5.73 Å². The topological polar surface area (TPSA) is 62.1 Å². The van der Waals surface area contributed by atoms with Gasteiger partial charge in [0.2, 0.25) is 0 Å². The third kappa shape index (κ3) is 2.35. The molecule has 2 amide bonds. The van der Waals surface area contributed by atoms with Crippen molar-refractivity contribution < 1.29 is 4.79 Å². The third-order valence-corrected chi connectivity index (χ3v) is 4.92. The number of primary amides is 1. The van der Waals surface area contributed by atoms with E-state index in [0.29, 0.717) is 0 Å². The Labute approximate surface area is 141 Å². The Kier molecular flexibility index (Phi) is 3.53. The van der Waals surface area contributed by atoms with Crippen LogP contribution in [0.2, 0.25) is 0 Å². The zero-order chi connectivity index (χ0) is 16.7. The molecule has 0 aliphatic heterocycles. The van der Waals surface area contributed by atoms with Crippen molar-refractivity contribution in [3.05, 3.63) is 65.4 Å². The number of aromatic nitrogens is 1. The number of carbonyl (C=O) groups is 1. The van der Waals surface area contributed by atoms with Crippen LogP contribution in [0.4, 0.5) is 10.5 Å². The molecule has 0 radical (unpaired) electrons. The molecule has 0 saturated carbocycles. The van der Waals surface area contributed by atoms with Crippen molar-refractivity contribution in [3.8, 4) is 0 Å². The van der Waals surface area contributed by atoms with Gasteiger partial charge in [-0.3, -0.25) is 4.90 Å². The third-order valence-electron chi connectivity index (χ3n) is 4.92. The monoisotopic (exact) mass is 319 g/mol. The molecule has 3 aromatic rings. The Morgan fingerprint density at radius 2 is 2.00 bits per heavy atom. The number of aromatic amines is 1. The molecular weight excluding hydrogens is 298 g/mol. The van der Waals surface area contributed by atoms with Crippen LogP contribution in [-0.4, -0.2) is 11.0 Å². The van der Waals surface area contributed by atoms with Crippen molar-refractivity contribution in [3.63, 3.8) is 0 Å². The summed E-state index contributed by atoms with van der Waals surface area (Å²) in [4.78, 5) is 17.5. The lowest BCUT2D eigenvalue weighted by Gasteiger charge is -2.33. The summed E-state index contributed by atoms with van der Waals surface area (Å²) in [6.45, 7) is 2.11. The number of urea groups is 1. The first-order valence-electron chi connectivity index (χ1n) is 8.40. The predicted molar refractivity (Wildman–Crippen MR) is 97.2 cm³/mol. The second-order valence-corrected chi connectivity index (χ2v) is 6.52. The molecule has 1 unspecified atom stereocenters. The van der Waals surface area contributed by atoms with Gasteiger partial charge in [0.1, 0.15) is 0 Å². The second-order valence-electron chi connectivity index (χ2n) is 6.52. The predicted octanol–water partition coefficient (Wildman–Crippen LogP) is 4.44. The number of nitrogens with one attached hydrogen (secondary N) is 1. The number of nitrogens with zero attached hydrogens (tertiary/aromatic N) is 1. The molecule has 0 fully saturated rings. The van der Waals surface area contributed by atoms with E-state index in [4.69, 9.17) is 5.73 Å². The molecule has 1 aliphatic carbocycles. The smallest absolute Gasteiger partial charge is 0.319 e. The quantitative estimate of drug-likeness (QED) is 0.720. The average Bonchev–Trinajstić information content (AvgIpc) is 2.95. The summed E-state index contributed by atoms with van der Waals surface area (Å²) >= 11 is 0. The number of hydrogen-bond acceptors (Lipinski definition) is 1. The standard InChI is InChI=1S/C20H21N3O/c1-13-10-11-17-16(12-13)15-8-5-9-18(19(15)22-17)23(20(21)24)14-6-3-2-4-7-14/h2-4,6-7,10-12,18,22H,5,8-9H2,1H3,(H2,21,24). The first-order valence-corrected chi connectivity index (χ1v) is 8.40. The maximum Gasteiger partial charge on any atom is 0.319 e. The Morgan fingerprint density at radius 3 is 2.75 bits per heavy atom. The molecule has 1 heterocycles. The number of fused-ring (bicyclic) bond motifs is 3. The highest BCUT2D eigenvalue weighted by Gasteiger charge is 2.31. The Morgan fingerprint density at radius 1 is 1.21 bits per heavy atom. The molecule has 2 aromatic carbocycles. The number of nitrogens with two attached hydrogens (primary N) is 1. The first kappa shape index (κ1) is 14.8. The van der Waals surface area contributed by atoms with Gasteiger partial charge in [0.15, 0.2) is 0 Å². The van der Waals surface area contributed by atoms with Crippen LogP contribution in [0, 0.1) is 6.92 Å². The minimum atomic E-state index is -0.408. The maximum atomic E-state index is 12.2. The van der Waals surface area contributed by atoms with E-state index >= 15 is 0 Å². The van der Waals surface area contributed by atoms with Crippen molar-refractivity contribution in [2.75, 3.05) is 4.90 Å². The van der Waals surface area contributed by atoms with E-state index in [0.717, 1.165) is 36.2 Å². The normalized spacial score (nSPS) is 16.8. The second kappa shape index (κ2) is 5.71. The fourth-order valence-electron chi connectivity index (χ4n) is 3.86. The van der Waals surface area contributed by atoms with Gasteiger partial charge in [-0.1, -0.05) is 29.8 Å². The van der Waals surface area contributed by atoms with Crippen LogP contribution in [0.1, 0.15) is 35.7 Å². The zero-order valence-corrected chi connectivity index (χ0v) is 13.8. The summed E-state index contributed by atoms with van der Waals surface area (Å²) in [6.07, 6.45) is 3.00. The number of anilines is 1. The fourth-order valence-corrected chi connectivity index (χ4v) is 3.86. The largest absolute Gasteiger partial charge is 0.356 e. The van der Waals surface area contributed by atoms with Crippen LogP contribution >= 0.6 is 0 Å². The van der Waals surface area contributed by atoms with E-state index in [2.05, 4.69) is 30.1 Å². The molecule has 3 N–H and O–H groups in total. The number of carbonyl (C=O) groups excluding carboxylic acids is 1. The van der Waals surface area contributed by atoms with Crippen molar-refractivity contribution in [1.29, 1.82) is 0 Å². The summed E-state index contributed by atoms with van der Waals surface area (Å²) in [7, 11) is 0. The van der Waals surface area contributed by atoms with E-state index in [1.807, 2.05) is 30.3 Å². The highest BCUT2D eigenvalue weighted by atomic mass is 16.2. The number of hydrogen-bond donors (Lipinski definition) is 2. The summed E-state index contributed by atoms with van der Waals surface area (Å²) in [5.41, 5.74) is 11.4. The van der Waals surface area contributed by atoms with Crippen LogP contribution in [0.25, 0.3) is 10.9 Å². The summed E-state index contributed by atoms with van der Waals surface area (Å²) in [6, 6.07) is 15.7. The number of H-pyrrole nitrogens is 1. The van der Waals surface area contributed by atoms with Gasteiger partial charge >= 0.3 is 6.03 Å². The summed E-state index contributed by atoms with van der Waals surface area (Å²) in [5, 5.41) is 1.27. The molecule has 0 spiro atoms. The molecule has 24 heavy (non-hydrogen) atoms. The van der Waals surface area contributed by atoms with Gasteiger partial charge < -0.3 is 10.7 Å². The number of amides is 2. The number of aryl methyl sites for hydroxylation is 2. The number of rotatable bonds is 2. The summed E-state index contributed by atoms with van der Waals surface area (Å²) < 4.78 is 0. The molecule has 122 valence electrons. The highest BCUT2D eigenvalue weighted by molar-refractivity contribution is 5.93. The minimum Gasteiger partial charge on any atom is -0.356 e. The lowest BCUT2D eigenvalue weighted by atomic mass is 9.90.